The van der Waals surface area contributed by atoms with Crippen molar-refractivity contribution in [2.75, 3.05) is 0 Å². The van der Waals surface area contributed by atoms with E-state index in [0.717, 1.165) is 11.6 Å². The first-order valence-electron chi connectivity index (χ1n) is 7.79. The topological polar surface area (TPSA) is 92.0 Å². The summed E-state index contributed by atoms with van der Waals surface area (Å²) in [6.07, 6.45) is 10.1. The number of H-pyrrole nitrogens is 1. The number of guanidine groups is 1. The Morgan fingerprint density at radius 3 is 2.65 bits per heavy atom. The van der Waals surface area contributed by atoms with Gasteiger partial charge in [-0.1, -0.05) is 25.7 Å². The van der Waals surface area contributed by atoms with Gasteiger partial charge in [0.2, 0.25) is 0 Å². The van der Waals surface area contributed by atoms with Crippen LogP contribution in [0.5, 0.6) is 0 Å². The van der Waals surface area contributed by atoms with Crippen molar-refractivity contribution in [3.63, 3.8) is 0 Å². The minimum absolute atomic E-state index is 0.477. The average molecular weight is 276 g/mol. The molecule has 1 aromatic heterocycles. The number of nitrogens with zero attached hydrogens (tertiary/aromatic N) is 3. The summed E-state index contributed by atoms with van der Waals surface area (Å²) in [6, 6.07) is 0.484. The minimum Gasteiger partial charge on any atom is -0.370 e. The number of aromatic nitrogens is 3. The highest BCUT2D eigenvalue weighted by atomic mass is 15.2. The molecule has 0 saturated heterocycles. The van der Waals surface area contributed by atoms with Crippen LogP contribution in [-0.4, -0.2) is 27.2 Å². The summed E-state index contributed by atoms with van der Waals surface area (Å²) in [6.45, 7) is 0.477. The number of rotatable bonds is 4. The molecule has 0 atom stereocenters. The monoisotopic (exact) mass is 276 g/mol. The number of aromatic amines is 1. The number of nitrogens with two attached hydrogens (primary N) is 1. The maximum absolute atomic E-state index is 5.96. The normalized spacial score (nSPS) is 21.7. The zero-order valence-electron chi connectivity index (χ0n) is 11.9. The average Bonchev–Trinajstić information content (AvgIpc) is 3.23. The molecule has 6 nitrogen and oxygen atoms in total. The lowest BCUT2D eigenvalue weighted by molar-refractivity contribution is 0.530. The van der Waals surface area contributed by atoms with Crippen molar-refractivity contribution >= 4 is 5.96 Å². The molecule has 6 heteroatoms. The summed E-state index contributed by atoms with van der Waals surface area (Å²) in [4.78, 5) is 8.81. The van der Waals surface area contributed by atoms with Crippen molar-refractivity contribution in [1.82, 2.24) is 20.5 Å². The van der Waals surface area contributed by atoms with E-state index in [1.807, 2.05) is 0 Å². The van der Waals surface area contributed by atoms with Crippen molar-refractivity contribution in [3.05, 3.63) is 11.6 Å². The van der Waals surface area contributed by atoms with E-state index >= 15 is 0 Å². The number of aliphatic imine (C=N–C) groups is 1. The van der Waals surface area contributed by atoms with E-state index in [1.165, 1.54) is 51.4 Å². The Morgan fingerprint density at radius 1 is 1.20 bits per heavy atom. The third-order valence-corrected chi connectivity index (χ3v) is 4.10. The van der Waals surface area contributed by atoms with Gasteiger partial charge in [-0.3, -0.25) is 5.10 Å². The van der Waals surface area contributed by atoms with Crippen LogP contribution in [-0.2, 0) is 6.54 Å². The van der Waals surface area contributed by atoms with Crippen LogP contribution in [0.25, 0.3) is 0 Å². The Morgan fingerprint density at radius 2 is 1.95 bits per heavy atom. The third kappa shape index (κ3) is 3.71. The smallest absolute Gasteiger partial charge is 0.189 e. The van der Waals surface area contributed by atoms with Crippen LogP contribution in [0.2, 0.25) is 0 Å². The molecule has 1 heterocycles. The molecule has 110 valence electrons. The standard InChI is InChI=1S/C14H24N6/c15-14(17-11-5-3-1-2-4-6-11)16-9-12-18-13(20-19-12)10-7-8-10/h10-11H,1-9H2,(H3,15,16,17)(H,18,19,20). The van der Waals surface area contributed by atoms with E-state index in [2.05, 4.69) is 25.5 Å². The Hall–Kier alpha value is -1.59. The fraction of sp³-hybridized carbons (Fsp3) is 0.786. The molecule has 2 aliphatic rings. The van der Waals surface area contributed by atoms with E-state index in [0.29, 0.717) is 24.5 Å². The molecule has 4 N–H and O–H groups in total. The molecular formula is C14H24N6. The highest BCUT2D eigenvalue weighted by Crippen LogP contribution is 2.37. The lowest BCUT2D eigenvalue weighted by Crippen LogP contribution is -2.39. The Kier molecular flexibility index (Phi) is 4.18. The fourth-order valence-corrected chi connectivity index (χ4v) is 2.74. The number of hydrogen-bond acceptors (Lipinski definition) is 3. The summed E-state index contributed by atoms with van der Waals surface area (Å²) in [5.41, 5.74) is 5.96. The van der Waals surface area contributed by atoms with E-state index < -0.39 is 0 Å². The van der Waals surface area contributed by atoms with Gasteiger partial charge in [0.1, 0.15) is 12.4 Å². The molecule has 0 amide bonds. The quantitative estimate of drug-likeness (QED) is 0.444. The van der Waals surface area contributed by atoms with Crippen LogP contribution in [0.4, 0.5) is 0 Å². The molecule has 0 spiro atoms. The molecule has 0 radical (unpaired) electrons. The molecule has 1 aromatic rings. The van der Waals surface area contributed by atoms with Crippen molar-refractivity contribution in [1.29, 1.82) is 0 Å². The molecule has 0 bridgehead atoms. The zero-order valence-corrected chi connectivity index (χ0v) is 11.9. The minimum atomic E-state index is 0.477. The molecular weight excluding hydrogens is 252 g/mol. The van der Waals surface area contributed by atoms with Crippen molar-refractivity contribution in [2.24, 2.45) is 10.7 Å². The summed E-state index contributed by atoms with van der Waals surface area (Å²) < 4.78 is 0. The van der Waals surface area contributed by atoms with Gasteiger partial charge in [-0.25, -0.2) is 9.98 Å². The van der Waals surface area contributed by atoms with Crippen LogP contribution in [0.15, 0.2) is 4.99 Å². The fourth-order valence-electron chi connectivity index (χ4n) is 2.74. The molecule has 0 aliphatic heterocycles. The predicted molar refractivity (Wildman–Crippen MR) is 78.3 cm³/mol. The maximum atomic E-state index is 5.96. The third-order valence-electron chi connectivity index (χ3n) is 4.10. The van der Waals surface area contributed by atoms with Gasteiger partial charge in [-0.2, -0.15) is 5.10 Å². The van der Waals surface area contributed by atoms with E-state index in [-0.39, 0.29) is 0 Å². The SMILES string of the molecule is NC(=NCc1nc(C2CC2)n[nH]1)NC1CCCCCC1. The van der Waals surface area contributed by atoms with Gasteiger partial charge in [0.25, 0.3) is 0 Å². The van der Waals surface area contributed by atoms with Crippen molar-refractivity contribution < 1.29 is 0 Å². The summed E-state index contributed by atoms with van der Waals surface area (Å²) >= 11 is 0. The van der Waals surface area contributed by atoms with Crippen LogP contribution in [0.3, 0.4) is 0 Å². The van der Waals surface area contributed by atoms with Crippen molar-refractivity contribution in [2.45, 2.75) is 69.9 Å². The predicted octanol–water partition coefficient (Wildman–Crippen LogP) is 1.81. The largest absolute Gasteiger partial charge is 0.370 e. The Balaban J connectivity index is 1.48. The molecule has 2 fully saturated rings. The lowest BCUT2D eigenvalue weighted by atomic mass is 10.1. The number of nitrogens with one attached hydrogen (secondary N) is 2. The number of hydrogen-bond donors (Lipinski definition) is 3. The maximum Gasteiger partial charge on any atom is 0.189 e. The van der Waals surface area contributed by atoms with Gasteiger partial charge in [0.05, 0.1) is 0 Å². The molecule has 2 aliphatic carbocycles. The highest BCUT2D eigenvalue weighted by Gasteiger charge is 2.27. The first-order chi connectivity index (χ1) is 9.81. The first kappa shape index (κ1) is 13.4. The summed E-state index contributed by atoms with van der Waals surface area (Å²) in [5.74, 6) is 2.84. The molecule has 0 unspecified atom stereocenters. The van der Waals surface area contributed by atoms with E-state index in [9.17, 15) is 0 Å². The van der Waals surface area contributed by atoms with Crippen LogP contribution < -0.4 is 11.1 Å². The highest BCUT2D eigenvalue weighted by molar-refractivity contribution is 5.78. The van der Waals surface area contributed by atoms with Gasteiger partial charge < -0.3 is 11.1 Å². The lowest BCUT2D eigenvalue weighted by Gasteiger charge is -2.16. The second-order valence-electron chi connectivity index (χ2n) is 5.95. The summed E-state index contributed by atoms with van der Waals surface area (Å²) in [5, 5.41) is 10.5. The van der Waals surface area contributed by atoms with E-state index in [4.69, 9.17) is 5.73 Å². The van der Waals surface area contributed by atoms with Gasteiger partial charge in [-0.05, 0) is 25.7 Å². The molecule has 20 heavy (non-hydrogen) atoms. The second-order valence-corrected chi connectivity index (χ2v) is 5.95. The van der Waals surface area contributed by atoms with Crippen LogP contribution in [0, 0.1) is 0 Å². The Labute approximate surface area is 119 Å². The van der Waals surface area contributed by atoms with Gasteiger partial charge in [-0.15, -0.1) is 0 Å². The van der Waals surface area contributed by atoms with Gasteiger partial charge in [0.15, 0.2) is 11.8 Å². The Bertz CT molecular complexity index is 454. The molecule has 0 aromatic carbocycles. The van der Waals surface area contributed by atoms with Gasteiger partial charge in [0, 0.05) is 12.0 Å². The summed E-state index contributed by atoms with van der Waals surface area (Å²) in [7, 11) is 0. The molecule has 2 saturated carbocycles. The van der Waals surface area contributed by atoms with Crippen LogP contribution in [0.1, 0.15) is 68.9 Å². The van der Waals surface area contributed by atoms with Gasteiger partial charge >= 0.3 is 0 Å². The van der Waals surface area contributed by atoms with Crippen molar-refractivity contribution in [3.8, 4) is 0 Å². The first-order valence-corrected chi connectivity index (χ1v) is 7.79. The zero-order chi connectivity index (χ0) is 13.8. The van der Waals surface area contributed by atoms with E-state index in [1.54, 1.807) is 0 Å². The van der Waals surface area contributed by atoms with Crippen LogP contribution >= 0.6 is 0 Å². The molecule has 3 rings (SSSR count). The second kappa shape index (κ2) is 6.24.